The van der Waals surface area contributed by atoms with Crippen molar-refractivity contribution >= 4 is 0 Å². The minimum atomic E-state index is 0.311. The van der Waals surface area contributed by atoms with Gasteiger partial charge in [-0.1, -0.05) is 30.3 Å². The van der Waals surface area contributed by atoms with E-state index in [0.717, 1.165) is 5.92 Å². The second-order valence-corrected chi connectivity index (χ2v) is 6.43. The van der Waals surface area contributed by atoms with Crippen LogP contribution < -0.4 is 5.32 Å². The lowest BCUT2D eigenvalue weighted by atomic mass is 9.84. The summed E-state index contributed by atoms with van der Waals surface area (Å²) in [5.74, 6) is 0.839. The molecule has 2 fully saturated rings. The van der Waals surface area contributed by atoms with E-state index in [9.17, 15) is 0 Å². The maximum Gasteiger partial charge on any atom is 0.0309 e. The van der Waals surface area contributed by atoms with Crippen LogP contribution in [-0.4, -0.2) is 29.6 Å². The fourth-order valence-corrected chi connectivity index (χ4v) is 3.80. The van der Waals surface area contributed by atoms with Gasteiger partial charge in [0.15, 0.2) is 0 Å². The molecule has 18 heavy (non-hydrogen) atoms. The Hall–Kier alpha value is -0.860. The highest BCUT2D eigenvalue weighted by Gasteiger charge is 2.51. The molecule has 0 aromatic heterocycles. The maximum atomic E-state index is 3.88. The Kier molecular flexibility index (Phi) is 2.95. The summed E-state index contributed by atoms with van der Waals surface area (Å²) in [6.45, 7) is 9.64. The fourth-order valence-electron chi connectivity index (χ4n) is 3.80. The minimum Gasteiger partial charge on any atom is -0.305 e. The number of piperidine rings is 1. The average Bonchev–Trinajstić information content (AvgIpc) is 2.93. The highest BCUT2D eigenvalue weighted by atomic mass is 15.3. The topological polar surface area (TPSA) is 15.3 Å². The molecule has 0 amide bonds. The van der Waals surface area contributed by atoms with Crippen LogP contribution in [0.1, 0.15) is 38.8 Å². The van der Waals surface area contributed by atoms with Crippen LogP contribution in [0.5, 0.6) is 0 Å². The summed E-state index contributed by atoms with van der Waals surface area (Å²) in [7, 11) is 0. The average molecular weight is 244 g/mol. The zero-order valence-electron chi connectivity index (χ0n) is 11.7. The molecular weight excluding hydrogens is 220 g/mol. The quantitative estimate of drug-likeness (QED) is 0.879. The van der Waals surface area contributed by atoms with Crippen LogP contribution in [0.4, 0.5) is 0 Å². The van der Waals surface area contributed by atoms with Crippen LogP contribution in [0, 0.1) is 5.92 Å². The molecule has 0 radical (unpaired) electrons. The molecule has 0 saturated carbocycles. The van der Waals surface area contributed by atoms with Crippen molar-refractivity contribution in [1.29, 1.82) is 0 Å². The molecule has 98 valence electrons. The Morgan fingerprint density at radius 3 is 2.61 bits per heavy atom. The third kappa shape index (κ3) is 1.88. The Morgan fingerprint density at radius 2 is 2.00 bits per heavy atom. The van der Waals surface area contributed by atoms with Gasteiger partial charge in [0.25, 0.3) is 0 Å². The zero-order chi connectivity index (χ0) is 12.8. The summed E-state index contributed by atoms with van der Waals surface area (Å²) in [6, 6.07) is 11.9. The predicted molar refractivity (Wildman–Crippen MR) is 75.5 cm³/mol. The van der Waals surface area contributed by atoms with Gasteiger partial charge in [-0.3, -0.25) is 4.90 Å². The van der Waals surface area contributed by atoms with E-state index in [0.29, 0.717) is 17.6 Å². The molecular formula is C16H24N2. The largest absolute Gasteiger partial charge is 0.305 e. The third-order valence-electron chi connectivity index (χ3n) is 5.00. The first kappa shape index (κ1) is 12.2. The van der Waals surface area contributed by atoms with Crippen molar-refractivity contribution in [3.63, 3.8) is 0 Å². The first-order chi connectivity index (χ1) is 8.59. The van der Waals surface area contributed by atoms with Gasteiger partial charge in [0.05, 0.1) is 0 Å². The maximum absolute atomic E-state index is 3.88. The molecule has 2 unspecified atom stereocenters. The molecule has 0 aliphatic carbocycles. The van der Waals surface area contributed by atoms with Crippen LogP contribution in [0.3, 0.4) is 0 Å². The molecule has 2 aliphatic heterocycles. The van der Waals surface area contributed by atoms with Crippen LogP contribution in [-0.2, 0) is 0 Å². The van der Waals surface area contributed by atoms with Gasteiger partial charge in [0.2, 0.25) is 0 Å². The Balaban J connectivity index is 1.73. The van der Waals surface area contributed by atoms with Crippen LogP contribution >= 0.6 is 0 Å². The minimum absolute atomic E-state index is 0.311. The van der Waals surface area contributed by atoms with Crippen molar-refractivity contribution in [3.8, 4) is 0 Å². The summed E-state index contributed by atoms with van der Waals surface area (Å²) < 4.78 is 0. The molecule has 2 heterocycles. The van der Waals surface area contributed by atoms with Crippen molar-refractivity contribution in [3.05, 3.63) is 35.9 Å². The number of benzene rings is 1. The van der Waals surface area contributed by atoms with Crippen molar-refractivity contribution in [2.75, 3.05) is 13.1 Å². The second-order valence-electron chi connectivity index (χ2n) is 6.43. The second kappa shape index (κ2) is 4.36. The molecule has 2 heteroatoms. The third-order valence-corrected chi connectivity index (χ3v) is 5.00. The molecule has 3 rings (SSSR count). The van der Waals surface area contributed by atoms with Crippen LogP contribution in [0.2, 0.25) is 0 Å². The van der Waals surface area contributed by atoms with E-state index in [1.807, 2.05) is 0 Å². The summed E-state index contributed by atoms with van der Waals surface area (Å²) in [4.78, 5) is 2.65. The molecule has 2 nitrogen and oxygen atoms in total. The summed E-state index contributed by atoms with van der Waals surface area (Å²) >= 11 is 0. The summed E-state index contributed by atoms with van der Waals surface area (Å²) in [6.07, 6.45) is 1.36. The molecule has 2 bridgehead atoms. The number of rotatable bonds is 3. The van der Waals surface area contributed by atoms with E-state index >= 15 is 0 Å². The standard InChI is InChI=1S/C16H24N2/c1-12(13-7-5-4-6-8-13)17-15-14-9-10-18(11-14)16(15,2)3/h4-8,12,14-15,17H,9-11H2,1-3H3/t12-,14?,15-/m0/s1. The summed E-state index contributed by atoms with van der Waals surface area (Å²) in [5.41, 5.74) is 1.71. The normalized spacial score (nSPS) is 34.7. The van der Waals surface area contributed by atoms with Gasteiger partial charge in [-0.05, 0) is 45.2 Å². The first-order valence-corrected chi connectivity index (χ1v) is 7.15. The van der Waals surface area contributed by atoms with E-state index in [4.69, 9.17) is 0 Å². The number of hydrogen-bond acceptors (Lipinski definition) is 2. The number of nitrogens with one attached hydrogen (secondary N) is 1. The monoisotopic (exact) mass is 244 g/mol. The number of nitrogens with zero attached hydrogens (tertiary/aromatic N) is 1. The van der Waals surface area contributed by atoms with Gasteiger partial charge < -0.3 is 5.32 Å². The lowest BCUT2D eigenvalue weighted by Gasteiger charge is -2.41. The summed E-state index contributed by atoms with van der Waals surface area (Å²) in [5, 5.41) is 3.88. The van der Waals surface area contributed by atoms with E-state index in [1.54, 1.807) is 0 Å². The molecule has 1 N–H and O–H groups in total. The molecule has 4 atom stereocenters. The Labute approximate surface area is 110 Å². The molecule has 2 saturated heterocycles. The Morgan fingerprint density at radius 1 is 1.28 bits per heavy atom. The highest BCUT2D eigenvalue weighted by molar-refractivity contribution is 5.19. The first-order valence-electron chi connectivity index (χ1n) is 7.15. The number of hydrogen-bond donors (Lipinski definition) is 1. The van der Waals surface area contributed by atoms with Crippen molar-refractivity contribution in [2.45, 2.75) is 44.8 Å². The lowest BCUT2D eigenvalue weighted by molar-refractivity contribution is 0.127. The van der Waals surface area contributed by atoms with Gasteiger partial charge in [-0.25, -0.2) is 0 Å². The fraction of sp³-hybridized carbons (Fsp3) is 0.625. The lowest BCUT2D eigenvalue weighted by Crippen LogP contribution is -2.55. The Bertz CT molecular complexity index is 412. The molecule has 0 spiro atoms. The van der Waals surface area contributed by atoms with Gasteiger partial charge >= 0.3 is 0 Å². The van der Waals surface area contributed by atoms with Crippen molar-refractivity contribution in [2.24, 2.45) is 5.92 Å². The SMILES string of the molecule is C[C@H](N[C@H]1C2CCN(C2)C1(C)C)c1ccccc1. The highest BCUT2D eigenvalue weighted by Crippen LogP contribution is 2.41. The zero-order valence-corrected chi connectivity index (χ0v) is 11.7. The predicted octanol–water partition coefficient (Wildman–Crippen LogP) is 2.82. The van der Waals surface area contributed by atoms with Crippen LogP contribution in [0.25, 0.3) is 0 Å². The molecule has 1 aromatic carbocycles. The van der Waals surface area contributed by atoms with E-state index in [2.05, 4.69) is 61.3 Å². The number of fused-ring (bicyclic) bond motifs is 2. The van der Waals surface area contributed by atoms with Gasteiger partial charge in [-0.2, -0.15) is 0 Å². The molecule has 1 aromatic rings. The van der Waals surface area contributed by atoms with Crippen molar-refractivity contribution in [1.82, 2.24) is 10.2 Å². The smallest absolute Gasteiger partial charge is 0.0309 e. The van der Waals surface area contributed by atoms with E-state index in [-0.39, 0.29) is 0 Å². The van der Waals surface area contributed by atoms with Gasteiger partial charge in [0.1, 0.15) is 0 Å². The van der Waals surface area contributed by atoms with E-state index in [1.165, 1.54) is 25.1 Å². The van der Waals surface area contributed by atoms with E-state index < -0.39 is 0 Å². The van der Waals surface area contributed by atoms with Crippen molar-refractivity contribution < 1.29 is 0 Å². The van der Waals surface area contributed by atoms with Crippen LogP contribution in [0.15, 0.2) is 30.3 Å². The van der Waals surface area contributed by atoms with Gasteiger partial charge in [-0.15, -0.1) is 0 Å². The van der Waals surface area contributed by atoms with Gasteiger partial charge in [0, 0.05) is 24.2 Å². The molecule has 2 aliphatic rings.